The second-order valence-electron chi connectivity index (χ2n) is 11.1. The summed E-state index contributed by atoms with van der Waals surface area (Å²) in [5.41, 5.74) is 3.80. The molecule has 1 saturated carbocycles. The molecule has 0 bridgehead atoms. The first-order chi connectivity index (χ1) is 20.4. The summed E-state index contributed by atoms with van der Waals surface area (Å²) in [4.78, 5) is 35.0. The lowest BCUT2D eigenvalue weighted by Gasteiger charge is -2.30. The molecule has 0 spiro atoms. The maximum absolute atomic E-state index is 15.1. The van der Waals surface area contributed by atoms with Crippen LogP contribution in [-0.4, -0.2) is 47.2 Å². The number of fused-ring (bicyclic) bond motifs is 2. The first-order valence-corrected chi connectivity index (χ1v) is 14.6. The molecule has 6 rings (SSSR count). The van der Waals surface area contributed by atoms with E-state index in [2.05, 4.69) is 15.3 Å². The first-order valence-electron chi connectivity index (χ1n) is 13.4. The zero-order valence-electron chi connectivity index (χ0n) is 23.4. The summed E-state index contributed by atoms with van der Waals surface area (Å²) in [6.45, 7) is 3.04. The molecule has 0 saturated heterocycles. The highest BCUT2D eigenvalue weighted by molar-refractivity contribution is 7.18. The largest absolute Gasteiger partial charge is 0.494 e. The van der Waals surface area contributed by atoms with E-state index in [4.69, 9.17) is 26.8 Å². The standard InChI is InChI=1S/C30H27ClF2N4O5S/c1-13-36-25-21(41-3)6-14(7-22(25)43-13)27(38)35-11-30(40,15-4-5-15)23-9-17-26(42-12-29(17,2)28(34)39)24(37-23)16-8-18(31)20(33)10-19(16)32/h6-10,15,40H,4-5,11-12H2,1-3H3,(H2,34,39)(H,35,38)/t29-,30?/m0/s1. The molecule has 43 heavy (non-hydrogen) atoms. The average molecular weight is 629 g/mol. The molecule has 0 radical (unpaired) electrons. The van der Waals surface area contributed by atoms with Gasteiger partial charge in [-0.25, -0.2) is 18.7 Å². The SMILES string of the molecule is COc1cc(C(=O)NCC(O)(c2cc3c(c(-c4cc(Cl)c(F)cc4F)n2)OC[C@]3(C)C(N)=O)C2CC2)cc2sc(C)nc12. The molecule has 3 heterocycles. The molecule has 2 amide bonds. The topological polar surface area (TPSA) is 137 Å². The summed E-state index contributed by atoms with van der Waals surface area (Å²) < 4.78 is 41.2. The predicted molar refractivity (Wildman–Crippen MR) is 157 cm³/mol. The second-order valence-corrected chi connectivity index (χ2v) is 12.7. The summed E-state index contributed by atoms with van der Waals surface area (Å²) in [7, 11) is 1.49. The van der Waals surface area contributed by atoms with Crippen LogP contribution in [0.25, 0.3) is 21.5 Å². The van der Waals surface area contributed by atoms with Crippen LogP contribution >= 0.6 is 22.9 Å². The molecule has 1 aliphatic heterocycles. The van der Waals surface area contributed by atoms with Crippen LogP contribution in [-0.2, 0) is 15.8 Å². The highest BCUT2D eigenvalue weighted by atomic mass is 35.5. The highest BCUT2D eigenvalue weighted by Gasteiger charge is 2.50. The Morgan fingerprint density at radius 1 is 1.23 bits per heavy atom. The molecule has 2 aromatic heterocycles. The number of hydrogen-bond acceptors (Lipinski definition) is 8. The number of benzene rings is 2. The molecule has 2 aliphatic rings. The summed E-state index contributed by atoms with van der Waals surface area (Å²) in [6.07, 6.45) is 1.28. The number of carbonyl (C=O) groups excluding carboxylic acids is 2. The van der Waals surface area contributed by atoms with E-state index in [1.165, 1.54) is 24.5 Å². The molecular weight excluding hydrogens is 602 g/mol. The average Bonchev–Trinajstić information content (AvgIpc) is 3.68. The molecule has 4 N–H and O–H groups in total. The van der Waals surface area contributed by atoms with Gasteiger partial charge in [0.2, 0.25) is 5.91 Å². The fourth-order valence-corrected chi connectivity index (χ4v) is 6.46. The van der Waals surface area contributed by atoms with Crippen LogP contribution in [0.3, 0.4) is 0 Å². The van der Waals surface area contributed by atoms with Crippen molar-refractivity contribution >= 4 is 45.0 Å². The Morgan fingerprint density at radius 2 is 1.98 bits per heavy atom. The Morgan fingerprint density at radius 3 is 2.65 bits per heavy atom. The molecule has 4 aromatic rings. The fraction of sp³-hybridized carbons (Fsp3) is 0.333. The molecule has 224 valence electrons. The molecule has 1 aliphatic carbocycles. The van der Waals surface area contributed by atoms with Crippen LogP contribution in [0.15, 0.2) is 30.3 Å². The normalized spacial score (nSPS) is 19.0. The number of aryl methyl sites for hydroxylation is 1. The monoisotopic (exact) mass is 628 g/mol. The second kappa shape index (κ2) is 10.4. The lowest BCUT2D eigenvalue weighted by atomic mass is 9.81. The van der Waals surface area contributed by atoms with Crippen LogP contribution < -0.4 is 20.5 Å². The van der Waals surface area contributed by atoms with Gasteiger partial charge in [0.25, 0.3) is 5.91 Å². The van der Waals surface area contributed by atoms with E-state index in [9.17, 15) is 19.1 Å². The van der Waals surface area contributed by atoms with Gasteiger partial charge in [-0.3, -0.25) is 9.59 Å². The first kappa shape index (κ1) is 29.2. The Bertz CT molecular complexity index is 1830. The summed E-state index contributed by atoms with van der Waals surface area (Å²) in [5, 5.41) is 15.4. The van der Waals surface area contributed by atoms with Gasteiger partial charge in [0.15, 0.2) is 0 Å². The van der Waals surface area contributed by atoms with Crippen LogP contribution in [0.2, 0.25) is 5.02 Å². The summed E-state index contributed by atoms with van der Waals surface area (Å²) in [6, 6.07) is 6.50. The quantitative estimate of drug-likeness (QED) is 0.239. The summed E-state index contributed by atoms with van der Waals surface area (Å²) >= 11 is 7.41. The van der Waals surface area contributed by atoms with Crippen LogP contribution in [0.1, 0.15) is 46.4 Å². The van der Waals surface area contributed by atoms with Gasteiger partial charge in [-0.15, -0.1) is 11.3 Å². The van der Waals surface area contributed by atoms with Crippen molar-refractivity contribution in [3.8, 4) is 22.8 Å². The minimum atomic E-state index is -1.71. The molecule has 2 atom stereocenters. The van der Waals surface area contributed by atoms with E-state index in [1.807, 2.05) is 6.92 Å². The molecule has 1 unspecified atom stereocenters. The Balaban J connectivity index is 1.42. The van der Waals surface area contributed by atoms with Crippen LogP contribution in [0.5, 0.6) is 11.5 Å². The molecule has 13 heteroatoms. The number of halogens is 3. The number of aliphatic hydroxyl groups is 1. The van der Waals surface area contributed by atoms with Gasteiger partial charge >= 0.3 is 0 Å². The lowest BCUT2D eigenvalue weighted by molar-refractivity contribution is -0.123. The predicted octanol–water partition coefficient (Wildman–Crippen LogP) is 4.77. The molecule has 9 nitrogen and oxygen atoms in total. The van der Waals surface area contributed by atoms with E-state index in [0.717, 1.165) is 15.8 Å². The van der Waals surface area contributed by atoms with Crippen molar-refractivity contribution in [1.29, 1.82) is 0 Å². The maximum atomic E-state index is 15.1. The number of nitrogens with one attached hydrogen (secondary N) is 1. The number of carbonyl (C=O) groups is 2. The number of hydrogen-bond donors (Lipinski definition) is 3. The van der Waals surface area contributed by atoms with Crippen LogP contribution in [0.4, 0.5) is 8.78 Å². The zero-order chi connectivity index (χ0) is 30.8. The lowest BCUT2D eigenvalue weighted by Crippen LogP contribution is -2.44. The van der Waals surface area contributed by atoms with Gasteiger partial charge in [0, 0.05) is 22.8 Å². The third-order valence-corrected chi connectivity index (χ3v) is 9.35. The third-order valence-electron chi connectivity index (χ3n) is 8.15. The number of nitrogens with two attached hydrogens (primary N) is 1. The van der Waals surface area contributed by atoms with E-state index < -0.39 is 34.5 Å². The van der Waals surface area contributed by atoms with Gasteiger partial charge in [-0.1, -0.05) is 11.6 Å². The van der Waals surface area contributed by atoms with Gasteiger partial charge in [-0.05, 0) is 56.9 Å². The number of nitrogens with zero attached hydrogens (tertiary/aromatic N) is 2. The van der Waals surface area contributed by atoms with Crippen molar-refractivity contribution in [2.45, 2.75) is 37.7 Å². The Kier molecular flexibility index (Phi) is 7.06. The minimum absolute atomic E-state index is 0.0713. The van der Waals surface area contributed by atoms with Crippen molar-refractivity contribution in [3.05, 3.63) is 68.8 Å². The number of primary amides is 1. The van der Waals surface area contributed by atoms with Gasteiger partial charge in [0.1, 0.15) is 52.0 Å². The third kappa shape index (κ3) is 4.87. The number of pyridine rings is 1. The molecule has 1 fully saturated rings. The zero-order valence-corrected chi connectivity index (χ0v) is 25.0. The Labute approximate surface area is 254 Å². The van der Waals surface area contributed by atoms with Crippen molar-refractivity contribution in [2.24, 2.45) is 11.7 Å². The van der Waals surface area contributed by atoms with Crippen molar-refractivity contribution in [2.75, 3.05) is 20.3 Å². The van der Waals surface area contributed by atoms with Crippen molar-refractivity contribution in [1.82, 2.24) is 15.3 Å². The minimum Gasteiger partial charge on any atom is -0.494 e. The number of aromatic nitrogens is 2. The van der Waals surface area contributed by atoms with E-state index in [0.29, 0.717) is 41.3 Å². The smallest absolute Gasteiger partial charge is 0.251 e. The van der Waals surface area contributed by atoms with Gasteiger partial charge < -0.3 is 25.6 Å². The Hall–Kier alpha value is -3.87. The van der Waals surface area contributed by atoms with E-state index >= 15 is 4.39 Å². The van der Waals surface area contributed by atoms with E-state index in [-0.39, 0.29) is 46.8 Å². The number of rotatable bonds is 8. The number of methoxy groups -OCH3 is 1. The van der Waals surface area contributed by atoms with Gasteiger partial charge in [0.05, 0.1) is 34.1 Å². The number of thiazole rings is 1. The molecular formula is C30H27ClF2N4O5S. The van der Waals surface area contributed by atoms with Crippen LogP contribution in [0, 0.1) is 24.5 Å². The number of amides is 2. The fourth-order valence-electron chi connectivity index (χ4n) is 5.41. The summed E-state index contributed by atoms with van der Waals surface area (Å²) in [5.74, 6) is -2.85. The van der Waals surface area contributed by atoms with Gasteiger partial charge in [-0.2, -0.15) is 0 Å². The molecule has 2 aromatic carbocycles. The number of ether oxygens (including phenoxy) is 2. The highest BCUT2D eigenvalue weighted by Crippen LogP contribution is 2.50. The van der Waals surface area contributed by atoms with Crippen molar-refractivity contribution < 1.29 is 33.0 Å². The maximum Gasteiger partial charge on any atom is 0.251 e. The van der Waals surface area contributed by atoms with E-state index in [1.54, 1.807) is 19.1 Å². The van der Waals surface area contributed by atoms with Crippen molar-refractivity contribution in [3.63, 3.8) is 0 Å².